The molecule has 0 aliphatic carbocycles. The van der Waals surface area contributed by atoms with Crippen molar-refractivity contribution in [3.63, 3.8) is 0 Å². The molecular formula is C19H18F2N2O5S. The van der Waals surface area contributed by atoms with Crippen LogP contribution >= 0.6 is 11.8 Å². The zero-order chi connectivity index (χ0) is 21.4. The average Bonchev–Trinajstić information content (AvgIpc) is 2.71. The maximum absolute atomic E-state index is 12.6. The third-order valence-corrected chi connectivity index (χ3v) is 4.39. The van der Waals surface area contributed by atoms with Gasteiger partial charge in [0.15, 0.2) is 0 Å². The van der Waals surface area contributed by atoms with Crippen molar-refractivity contribution in [2.45, 2.75) is 10.7 Å². The summed E-state index contributed by atoms with van der Waals surface area (Å²) in [6, 6.07) is 10.3. The standard InChI is InChI=1S/C19H18F2N2O5S/c1-27-17(25)11-7-12(18(26)28-2)9-13(8-11)22-10-16(24)23-14-5-3-4-6-15(14)29-19(20)21/h3-9,19,22H,10H2,1-2H3,(H,23,24). The monoisotopic (exact) mass is 424 g/mol. The van der Waals surface area contributed by atoms with E-state index in [9.17, 15) is 23.2 Å². The Morgan fingerprint density at radius 2 is 1.59 bits per heavy atom. The van der Waals surface area contributed by atoms with E-state index in [1.165, 1.54) is 44.6 Å². The van der Waals surface area contributed by atoms with Crippen LogP contribution in [0, 0.1) is 0 Å². The van der Waals surface area contributed by atoms with Crippen molar-refractivity contribution >= 4 is 41.0 Å². The fraction of sp³-hybridized carbons (Fsp3) is 0.211. The van der Waals surface area contributed by atoms with Gasteiger partial charge in [-0.2, -0.15) is 8.78 Å². The van der Waals surface area contributed by atoms with Gasteiger partial charge in [0, 0.05) is 10.6 Å². The average molecular weight is 424 g/mol. The Labute approximate surface area is 169 Å². The Bertz CT molecular complexity index is 874. The summed E-state index contributed by atoms with van der Waals surface area (Å²) >= 11 is 0.326. The van der Waals surface area contributed by atoms with Crippen molar-refractivity contribution in [1.82, 2.24) is 0 Å². The minimum absolute atomic E-state index is 0.0944. The lowest BCUT2D eigenvalue weighted by atomic mass is 10.1. The van der Waals surface area contributed by atoms with E-state index >= 15 is 0 Å². The number of hydrogen-bond donors (Lipinski definition) is 2. The van der Waals surface area contributed by atoms with E-state index in [2.05, 4.69) is 20.1 Å². The van der Waals surface area contributed by atoms with E-state index in [1.54, 1.807) is 12.1 Å². The highest BCUT2D eigenvalue weighted by atomic mass is 32.2. The molecule has 2 aromatic carbocycles. The van der Waals surface area contributed by atoms with Crippen molar-refractivity contribution in [2.24, 2.45) is 0 Å². The van der Waals surface area contributed by atoms with Crippen LogP contribution in [0.25, 0.3) is 0 Å². The third kappa shape index (κ3) is 6.46. The molecule has 0 heterocycles. The Morgan fingerprint density at radius 3 is 2.14 bits per heavy atom. The van der Waals surface area contributed by atoms with Crippen molar-refractivity contribution in [3.8, 4) is 0 Å². The smallest absolute Gasteiger partial charge is 0.337 e. The molecule has 0 radical (unpaired) electrons. The summed E-state index contributed by atoms with van der Waals surface area (Å²) < 4.78 is 34.6. The molecular weight excluding hydrogens is 406 g/mol. The number of hydrogen-bond acceptors (Lipinski definition) is 7. The molecule has 0 saturated carbocycles. The second-order valence-electron chi connectivity index (χ2n) is 5.56. The SMILES string of the molecule is COC(=O)c1cc(NCC(=O)Nc2ccccc2SC(F)F)cc(C(=O)OC)c1. The van der Waals surface area contributed by atoms with Crippen molar-refractivity contribution in [1.29, 1.82) is 0 Å². The first-order chi connectivity index (χ1) is 13.8. The number of alkyl halides is 2. The molecule has 0 aliphatic heterocycles. The zero-order valence-electron chi connectivity index (χ0n) is 15.5. The molecule has 7 nitrogen and oxygen atoms in total. The summed E-state index contributed by atoms with van der Waals surface area (Å²) in [5.41, 5.74) is 0.746. The molecule has 154 valence electrons. The molecule has 10 heteroatoms. The van der Waals surface area contributed by atoms with Gasteiger partial charge in [-0.1, -0.05) is 23.9 Å². The van der Waals surface area contributed by atoms with E-state index < -0.39 is 23.6 Å². The van der Waals surface area contributed by atoms with Crippen LogP contribution in [0.15, 0.2) is 47.4 Å². The van der Waals surface area contributed by atoms with E-state index in [-0.39, 0.29) is 28.3 Å². The third-order valence-electron chi connectivity index (χ3n) is 3.61. The minimum Gasteiger partial charge on any atom is -0.465 e. The van der Waals surface area contributed by atoms with Crippen LogP contribution in [0.1, 0.15) is 20.7 Å². The summed E-state index contributed by atoms with van der Waals surface area (Å²) in [5, 5.41) is 5.33. The van der Waals surface area contributed by atoms with Crippen LogP contribution in [-0.2, 0) is 14.3 Å². The number of amides is 1. The zero-order valence-corrected chi connectivity index (χ0v) is 16.3. The van der Waals surface area contributed by atoms with E-state index in [0.29, 0.717) is 17.4 Å². The van der Waals surface area contributed by atoms with Crippen molar-refractivity contribution < 1.29 is 32.6 Å². The molecule has 0 unspecified atom stereocenters. The fourth-order valence-electron chi connectivity index (χ4n) is 2.35. The number of ether oxygens (including phenoxy) is 2. The topological polar surface area (TPSA) is 93.7 Å². The van der Waals surface area contributed by atoms with Crippen LogP contribution in [0.2, 0.25) is 0 Å². The second kappa shape index (κ2) is 10.4. The molecule has 0 spiro atoms. The maximum atomic E-state index is 12.6. The van der Waals surface area contributed by atoms with Crippen molar-refractivity contribution in [2.75, 3.05) is 31.4 Å². The maximum Gasteiger partial charge on any atom is 0.337 e. The van der Waals surface area contributed by atoms with E-state index in [1.807, 2.05) is 0 Å². The van der Waals surface area contributed by atoms with Crippen LogP contribution < -0.4 is 10.6 Å². The van der Waals surface area contributed by atoms with E-state index in [4.69, 9.17) is 0 Å². The van der Waals surface area contributed by atoms with Gasteiger partial charge >= 0.3 is 11.9 Å². The first-order valence-electron chi connectivity index (χ1n) is 8.23. The summed E-state index contributed by atoms with van der Waals surface area (Å²) in [7, 11) is 2.39. The number of esters is 2. The molecule has 0 aromatic heterocycles. The predicted octanol–water partition coefficient (Wildman–Crippen LogP) is 3.63. The van der Waals surface area contributed by atoms with Gasteiger partial charge in [0.1, 0.15) is 0 Å². The summed E-state index contributed by atoms with van der Waals surface area (Å²) in [6.45, 7) is -0.237. The van der Waals surface area contributed by atoms with Crippen LogP contribution in [-0.4, -0.2) is 44.4 Å². The highest BCUT2D eigenvalue weighted by Gasteiger charge is 2.15. The number of methoxy groups -OCH3 is 2. The Balaban J connectivity index is 2.12. The van der Waals surface area contributed by atoms with Gasteiger partial charge in [-0.15, -0.1) is 0 Å². The normalized spacial score (nSPS) is 10.4. The van der Waals surface area contributed by atoms with Gasteiger partial charge in [-0.05, 0) is 30.3 Å². The Morgan fingerprint density at radius 1 is 1.00 bits per heavy atom. The number of rotatable bonds is 8. The quantitative estimate of drug-likeness (QED) is 0.494. The van der Waals surface area contributed by atoms with Gasteiger partial charge in [-0.3, -0.25) is 4.79 Å². The largest absolute Gasteiger partial charge is 0.465 e. The lowest BCUT2D eigenvalue weighted by molar-refractivity contribution is -0.114. The number of benzene rings is 2. The Kier molecular flexibility index (Phi) is 7.96. The first-order valence-corrected chi connectivity index (χ1v) is 9.11. The molecule has 0 atom stereocenters. The first kappa shape index (κ1) is 22.2. The number of carbonyl (C=O) groups is 3. The second-order valence-corrected chi connectivity index (χ2v) is 6.59. The number of para-hydroxylation sites is 1. The van der Waals surface area contributed by atoms with Gasteiger partial charge in [-0.25, -0.2) is 9.59 Å². The molecule has 0 saturated heterocycles. The molecule has 0 fully saturated rings. The molecule has 0 aliphatic rings. The molecule has 0 bridgehead atoms. The molecule has 2 rings (SSSR count). The Hall–Kier alpha value is -3.14. The number of anilines is 2. The number of nitrogens with one attached hydrogen (secondary N) is 2. The number of halogens is 2. The number of carbonyl (C=O) groups excluding carboxylic acids is 3. The highest BCUT2D eigenvalue weighted by Crippen LogP contribution is 2.31. The molecule has 1 amide bonds. The van der Waals surface area contributed by atoms with Gasteiger partial charge in [0.2, 0.25) is 5.91 Å². The molecule has 2 aromatic rings. The summed E-state index contributed by atoms with van der Waals surface area (Å²) in [4.78, 5) is 36.0. The minimum atomic E-state index is -2.62. The van der Waals surface area contributed by atoms with Gasteiger partial charge in [0.25, 0.3) is 5.76 Å². The lowest BCUT2D eigenvalue weighted by Gasteiger charge is -2.12. The predicted molar refractivity (Wildman–Crippen MR) is 105 cm³/mol. The van der Waals surface area contributed by atoms with Gasteiger partial charge < -0.3 is 20.1 Å². The van der Waals surface area contributed by atoms with Crippen LogP contribution in [0.3, 0.4) is 0 Å². The lowest BCUT2D eigenvalue weighted by Crippen LogP contribution is -2.22. The number of thioether (sulfide) groups is 1. The molecule has 29 heavy (non-hydrogen) atoms. The molecule has 2 N–H and O–H groups in total. The van der Waals surface area contributed by atoms with Crippen LogP contribution in [0.5, 0.6) is 0 Å². The fourth-order valence-corrected chi connectivity index (χ4v) is 2.94. The van der Waals surface area contributed by atoms with E-state index in [0.717, 1.165) is 0 Å². The van der Waals surface area contributed by atoms with Crippen LogP contribution in [0.4, 0.5) is 20.2 Å². The summed E-state index contributed by atoms with van der Waals surface area (Å²) in [6.07, 6.45) is 0. The van der Waals surface area contributed by atoms with Crippen molar-refractivity contribution in [3.05, 3.63) is 53.6 Å². The van der Waals surface area contributed by atoms with Gasteiger partial charge in [0.05, 0.1) is 37.6 Å². The summed E-state index contributed by atoms with van der Waals surface area (Å²) in [5.74, 6) is -4.46. The highest BCUT2D eigenvalue weighted by molar-refractivity contribution is 7.99.